The Morgan fingerprint density at radius 2 is 2.00 bits per heavy atom. The van der Waals surface area contributed by atoms with Crippen molar-refractivity contribution in [3.8, 4) is 0 Å². The second-order valence-corrected chi connectivity index (χ2v) is 7.10. The molecule has 0 fully saturated rings. The van der Waals surface area contributed by atoms with Crippen LogP contribution in [0.25, 0.3) is 0 Å². The van der Waals surface area contributed by atoms with E-state index in [0.717, 1.165) is 6.42 Å². The van der Waals surface area contributed by atoms with Gasteiger partial charge in [0.1, 0.15) is 5.69 Å². The lowest BCUT2D eigenvalue weighted by Gasteiger charge is -2.11. The zero-order valence-electron chi connectivity index (χ0n) is 11.7. The Morgan fingerprint density at radius 1 is 1.37 bits per heavy atom. The molecule has 0 aliphatic carbocycles. The van der Waals surface area contributed by atoms with Crippen LogP contribution in [0.1, 0.15) is 43.4 Å². The summed E-state index contributed by atoms with van der Waals surface area (Å²) in [4.78, 5) is 16.0. The highest BCUT2D eigenvalue weighted by atomic mass is 32.2. The van der Waals surface area contributed by atoms with E-state index in [1.807, 2.05) is 6.92 Å². The number of rotatable bonds is 5. The maximum absolute atomic E-state index is 12.1. The number of nitrogens with zero attached hydrogens (tertiary/aromatic N) is 1. The SMILES string of the molecule is CCCNC(=O)c1ccc(S(=O)(=O)C(C)C)c(C)n1. The monoisotopic (exact) mass is 284 g/mol. The van der Waals surface area contributed by atoms with Crippen LogP contribution in [0.5, 0.6) is 0 Å². The van der Waals surface area contributed by atoms with Crippen LogP contribution in [0.4, 0.5) is 0 Å². The van der Waals surface area contributed by atoms with E-state index >= 15 is 0 Å². The largest absolute Gasteiger partial charge is 0.351 e. The number of nitrogens with one attached hydrogen (secondary N) is 1. The minimum atomic E-state index is -3.36. The summed E-state index contributed by atoms with van der Waals surface area (Å²) in [7, 11) is -3.36. The molecule has 1 amide bonds. The molecule has 1 heterocycles. The first kappa shape index (κ1) is 15.6. The highest BCUT2D eigenvalue weighted by molar-refractivity contribution is 7.92. The minimum absolute atomic E-state index is 0.189. The lowest BCUT2D eigenvalue weighted by Crippen LogP contribution is -2.25. The Bertz CT molecular complexity index is 565. The van der Waals surface area contributed by atoms with Crippen LogP contribution in [0.15, 0.2) is 17.0 Å². The normalized spacial score (nSPS) is 11.6. The Morgan fingerprint density at radius 3 is 2.47 bits per heavy atom. The van der Waals surface area contributed by atoms with E-state index in [2.05, 4.69) is 10.3 Å². The molecule has 0 aromatic carbocycles. The van der Waals surface area contributed by atoms with Gasteiger partial charge in [0.15, 0.2) is 9.84 Å². The lowest BCUT2D eigenvalue weighted by atomic mass is 10.3. The fourth-order valence-corrected chi connectivity index (χ4v) is 2.78. The van der Waals surface area contributed by atoms with Crippen LogP contribution in [-0.2, 0) is 9.84 Å². The number of aromatic nitrogens is 1. The van der Waals surface area contributed by atoms with Crippen molar-refractivity contribution in [1.29, 1.82) is 0 Å². The third-order valence-electron chi connectivity index (χ3n) is 2.73. The van der Waals surface area contributed by atoms with Gasteiger partial charge in [0.05, 0.1) is 15.8 Å². The Kier molecular flexibility index (Phi) is 5.05. The van der Waals surface area contributed by atoms with Gasteiger partial charge in [-0.3, -0.25) is 4.79 Å². The lowest BCUT2D eigenvalue weighted by molar-refractivity contribution is 0.0948. The molecule has 6 heteroatoms. The highest BCUT2D eigenvalue weighted by Crippen LogP contribution is 2.19. The van der Waals surface area contributed by atoms with E-state index < -0.39 is 15.1 Å². The van der Waals surface area contributed by atoms with E-state index in [4.69, 9.17) is 0 Å². The zero-order chi connectivity index (χ0) is 14.6. The smallest absolute Gasteiger partial charge is 0.269 e. The fraction of sp³-hybridized carbons (Fsp3) is 0.538. The van der Waals surface area contributed by atoms with Crippen molar-refractivity contribution in [1.82, 2.24) is 10.3 Å². The standard InChI is InChI=1S/C13H20N2O3S/c1-5-8-14-13(16)11-6-7-12(10(4)15-11)19(17,18)9(2)3/h6-7,9H,5,8H2,1-4H3,(H,14,16). The van der Waals surface area contributed by atoms with E-state index in [0.29, 0.717) is 12.2 Å². The van der Waals surface area contributed by atoms with Gasteiger partial charge < -0.3 is 5.32 Å². The first-order valence-electron chi connectivity index (χ1n) is 6.30. The molecular formula is C13H20N2O3S. The van der Waals surface area contributed by atoms with Gasteiger partial charge in [-0.05, 0) is 39.3 Å². The molecule has 1 rings (SSSR count). The summed E-state index contributed by atoms with van der Waals surface area (Å²) >= 11 is 0. The average molecular weight is 284 g/mol. The van der Waals surface area contributed by atoms with Gasteiger partial charge in [-0.15, -0.1) is 0 Å². The molecule has 0 aliphatic heterocycles. The van der Waals surface area contributed by atoms with Gasteiger partial charge in [0.25, 0.3) is 5.91 Å². The summed E-state index contributed by atoms with van der Waals surface area (Å²) in [6.45, 7) is 7.38. The van der Waals surface area contributed by atoms with Crippen molar-refractivity contribution in [2.45, 2.75) is 44.3 Å². The third kappa shape index (κ3) is 3.53. The second-order valence-electron chi connectivity index (χ2n) is 4.63. The summed E-state index contributed by atoms with van der Waals surface area (Å²) in [5.41, 5.74) is 0.603. The molecule has 0 aliphatic rings. The number of carbonyl (C=O) groups excluding carboxylic acids is 1. The number of amides is 1. The molecule has 1 aromatic rings. The Hall–Kier alpha value is -1.43. The van der Waals surface area contributed by atoms with Gasteiger partial charge >= 0.3 is 0 Å². The van der Waals surface area contributed by atoms with Crippen LogP contribution in [0, 0.1) is 6.92 Å². The molecule has 0 unspecified atom stereocenters. The first-order chi connectivity index (χ1) is 8.80. The molecule has 5 nitrogen and oxygen atoms in total. The van der Waals surface area contributed by atoms with Crippen LogP contribution in [0.3, 0.4) is 0 Å². The van der Waals surface area contributed by atoms with Crippen molar-refractivity contribution in [2.24, 2.45) is 0 Å². The average Bonchev–Trinajstić information content (AvgIpc) is 2.35. The molecule has 1 N–H and O–H groups in total. The Balaban J connectivity index is 3.08. The number of hydrogen-bond acceptors (Lipinski definition) is 4. The van der Waals surface area contributed by atoms with Crippen LogP contribution in [-0.4, -0.2) is 31.1 Å². The summed E-state index contributed by atoms with van der Waals surface area (Å²) < 4.78 is 24.1. The number of carbonyl (C=O) groups is 1. The minimum Gasteiger partial charge on any atom is -0.351 e. The number of aryl methyl sites for hydroxylation is 1. The van der Waals surface area contributed by atoms with Gasteiger partial charge in [0, 0.05) is 6.54 Å². The molecule has 106 valence electrons. The summed E-state index contributed by atoms with van der Waals surface area (Å²) in [5, 5.41) is 2.20. The topological polar surface area (TPSA) is 76.1 Å². The maximum atomic E-state index is 12.1. The fourth-order valence-electron chi connectivity index (χ4n) is 1.56. The predicted molar refractivity (Wildman–Crippen MR) is 73.9 cm³/mol. The second kappa shape index (κ2) is 6.14. The van der Waals surface area contributed by atoms with Crippen LogP contribution >= 0.6 is 0 Å². The van der Waals surface area contributed by atoms with Gasteiger partial charge in [-0.25, -0.2) is 13.4 Å². The molecule has 0 bridgehead atoms. The summed E-state index contributed by atoms with van der Waals surface area (Å²) in [6.07, 6.45) is 0.838. The summed E-state index contributed by atoms with van der Waals surface area (Å²) in [5.74, 6) is -0.279. The number of sulfone groups is 1. The first-order valence-corrected chi connectivity index (χ1v) is 7.85. The van der Waals surface area contributed by atoms with E-state index in [1.54, 1.807) is 20.8 Å². The van der Waals surface area contributed by atoms with Crippen LogP contribution in [0.2, 0.25) is 0 Å². The highest BCUT2D eigenvalue weighted by Gasteiger charge is 2.22. The molecule has 0 radical (unpaired) electrons. The molecule has 0 spiro atoms. The Labute approximate surface area is 114 Å². The zero-order valence-corrected chi connectivity index (χ0v) is 12.5. The maximum Gasteiger partial charge on any atom is 0.269 e. The molecule has 0 saturated heterocycles. The van der Waals surface area contributed by atoms with Crippen molar-refractivity contribution in [3.63, 3.8) is 0 Å². The molecule has 19 heavy (non-hydrogen) atoms. The van der Waals surface area contributed by atoms with Gasteiger partial charge in [-0.2, -0.15) is 0 Å². The predicted octanol–water partition coefficient (Wildman–Crippen LogP) is 1.71. The summed E-state index contributed by atoms with van der Waals surface area (Å²) in [6, 6.07) is 2.91. The van der Waals surface area contributed by atoms with Crippen molar-refractivity contribution < 1.29 is 13.2 Å². The molecule has 0 atom stereocenters. The van der Waals surface area contributed by atoms with Crippen LogP contribution < -0.4 is 5.32 Å². The number of hydrogen-bond donors (Lipinski definition) is 1. The molecular weight excluding hydrogens is 264 g/mol. The van der Waals surface area contributed by atoms with Crippen molar-refractivity contribution in [2.75, 3.05) is 6.54 Å². The van der Waals surface area contributed by atoms with E-state index in [9.17, 15) is 13.2 Å². The van der Waals surface area contributed by atoms with E-state index in [-0.39, 0.29) is 16.5 Å². The van der Waals surface area contributed by atoms with E-state index in [1.165, 1.54) is 12.1 Å². The van der Waals surface area contributed by atoms with Gasteiger partial charge in [-0.1, -0.05) is 6.92 Å². The van der Waals surface area contributed by atoms with Gasteiger partial charge in [0.2, 0.25) is 0 Å². The molecule has 1 aromatic heterocycles. The third-order valence-corrected chi connectivity index (χ3v) is 5.02. The number of pyridine rings is 1. The quantitative estimate of drug-likeness (QED) is 0.893. The van der Waals surface area contributed by atoms with Crippen molar-refractivity contribution in [3.05, 3.63) is 23.5 Å². The molecule has 0 saturated carbocycles. The van der Waals surface area contributed by atoms with Crippen molar-refractivity contribution >= 4 is 15.7 Å².